The minimum Gasteiger partial charge on any atom is -0.336 e. The molecule has 0 atom stereocenters. The Morgan fingerprint density at radius 1 is 1.00 bits per heavy atom. The van der Waals surface area contributed by atoms with Gasteiger partial charge >= 0.3 is 0 Å². The lowest BCUT2D eigenvalue weighted by molar-refractivity contribution is 0.0697. The molecular formula is C19H21BrN2O3S. The maximum absolute atomic E-state index is 12.8. The molecule has 2 aromatic carbocycles. The van der Waals surface area contributed by atoms with Crippen molar-refractivity contribution < 1.29 is 13.2 Å². The van der Waals surface area contributed by atoms with Crippen LogP contribution in [0.15, 0.2) is 57.9 Å². The summed E-state index contributed by atoms with van der Waals surface area (Å²) in [5.41, 5.74) is 1.70. The lowest BCUT2D eigenvalue weighted by Crippen LogP contribution is -2.50. The molecule has 1 amide bonds. The van der Waals surface area contributed by atoms with E-state index < -0.39 is 10.0 Å². The van der Waals surface area contributed by atoms with Gasteiger partial charge in [0.2, 0.25) is 10.0 Å². The smallest absolute Gasteiger partial charge is 0.255 e. The normalized spacial score (nSPS) is 15.8. The zero-order valence-electron chi connectivity index (χ0n) is 14.6. The number of sulfonamides is 1. The Bertz CT molecular complexity index is 889. The fourth-order valence-corrected chi connectivity index (χ4v) is 4.86. The van der Waals surface area contributed by atoms with Crippen LogP contribution in [0.4, 0.5) is 0 Å². The van der Waals surface area contributed by atoms with Gasteiger partial charge in [-0.1, -0.05) is 31.2 Å². The Morgan fingerprint density at radius 2 is 1.62 bits per heavy atom. The van der Waals surface area contributed by atoms with Crippen molar-refractivity contribution in [1.29, 1.82) is 0 Å². The second-order valence-corrected chi connectivity index (χ2v) is 8.97. The molecule has 138 valence electrons. The molecular weight excluding hydrogens is 416 g/mol. The van der Waals surface area contributed by atoms with Crippen LogP contribution in [-0.4, -0.2) is 49.7 Å². The summed E-state index contributed by atoms with van der Waals surface area (Å²) in [6.45, 7) is 3.39. The van der Waals surface area contributed by atoms with Crippen molar-refractivity contribution in [3.63, 3.8) is 0 Å². The molecule has 1 heterocycles. The number of halogens is 1. The summed E-state index contributed by atoms with van der Waals surface area (Å²) in [6, 6.07) is 14.3. The summed E-state index contributed by atoms with van der Waals surface area (Å²) in [7, 11) is -3.52. The van der Waals surface area contributed by atoms with Crippen LogP contribution in [0.3, 0.4) is 0 Å². The van der Waals surface area contributed by atoms with Crippen molar-refractivity contribution >= 4 is 31.9 Å². The van der Waals surface area contributed by atoms with Crippen LogP contribution in [-0.2, 0) is 16.4 Å². The molecule has 5 nitrogen and oxygen atoms in total. The van der Waals surface area contributed by atoms with E-state index in [-0.39, 0.29) is 5.91 Å². The summed E-state index contributed by atoms with van der Waals surface area (Å²) < 4.78 is 27.8. The number of rotatable bonds is 4. The third-order valence-electron chi connectivity index (χ3n) is 4.60. The Labute approximate surface area is 162 Å². The van der Waals surface area contributed by atoms with Gasteiger partial charge in [-0.05, 0) is 52.2 Å². The predicted molar refractivity (Wildman–Crippen MR) is 105 cm³/mol. The van der Waals surface area contributed by atoms with E-state index in [2.05, 4.69) is 15.9 Å². The third-order valence-corrected chi connectivity index (χ3v) is 7.20. The van der Waals surface area contributed by atoms with E-state index in [4.69, 9.17) is 0 Å². The fourth-order valence-electron chi connectivity index (χ4n) is 2.98. The zero-order valence-corrected chi connectivity index (χ0v) is 17.0. The highest BCUT2D eigenvalue weighted by Crippen LogP contribution is 2.21. The molecule has 2 aromatic rings. The molecule has 0 radical (unpaired) electrons. The summed E-state index contributed by atoms with van der Waals surface area (Å²) in [6.07, 6.45) is 0.871. The number of nitrogens with zero attached hydrogens (tertiary/aromatic N) is 2. The molecule has 0 bridgehead atoms. The maximum atomic E-state index is 12.8. The lowest BCUT2D eigenvalue weighted by Gasteiger charge is -2.34. The highest BCUT2D eigenvalue weighted by molar-refractivity contribution is 9.10. The quantitative estimate of drug-likeness (QED) is 0.739. The highest BCUT2D eigenvalue weighted by atomic mass is 79.9. The molecule has 0 N–H and O–H groups in total. The van der Waals surface area contributed by atoms with Gasteiger partial charge in [0.05, 0.1) is 10.5 Å². The molecule has 1 aliphatic rings. The number of carbonyl (C=O) groups excluding carboxylic acids is 1. The molecule has 0 unspecified atom stereocenters. The second kappa shape index (κ2) is 7.90. The number of aryl methyl sites for hydroxylation is 1. The number of piperazine rings is 1. The maximum Gasteiger partial charge on any atom is 0.255 e. The largest absolute Gasteiger partial charge is 0.336 e. The number of amides is 1. The van der Waals surface area contributed by atoms with Gasteiger partial charge in [0.25, 0.3) is 5.91 Å². The van der Waals surface area contributed by atoms with E-state index in [1.54, 1.807) is 23.1 Å². The molecule has 7 heteroatoms. The van der Waals surface area contributed by atoms with Crippen LogP contribution >= 0.6 is 15.9 Å². The van der Waals surface area contributed by atoms with E-state index in [9.17, 15) is 13.2 Å². The topological polar surface area (TPSA) is 57.7 Å². The first-order valence-electron chi connectivity index (χ1n) is 8.56. The zero-order chi connectivity index (χ0) is 18.7. The van der Waals surface area contributed by atoms with Crippen molar-refractivity contribution in [2.75, 3.05) is 26.2 Å². The minimum absolute atomic E-state index is 0.0816. The Kier molecular flexibility index (Phi) is 5.79. The van der Waals surface area contributed by atoms with Crippen LogP contribution in [0, 0.1) is 0 Å². The molecule has 0 saturated carbocycles. The van der Waals surface area contributed by atoms with Crippen LogP contribution in [0.2, 0.25) is 0 Å². The molecule has 1 aliphatic heterocycles. The van der Waals surface area contributed by atoms with E-state index >= 15 is 0 Å². The second-order valence-electron chi connectivity index (χ2n) is 6.17. The Morgan fingerprint density at radius 3 is 2.19 bits per heavy atom. The first-order chi connectivity index (χ1) is 12.4. The van der Waals surface area contributed by atoms with Crippen LogP contribution in [0.5, 0.6) is 0 Å². The third kappa shape index (κ3) is 3.84. The molecule has 0 spiro atoms. The average molecular weight is 437 g/mol. The van der Waals surface area contributed by atoms with Gasteiger partial charge in [-0.15, -0.1) is 0 Å². The van der Waals surface area contributed by atoms with Gasteiger partial charge in [0.1, 0.15) is 0 Å². The van der Waals surface area contributed by atoms with E-state index in [0.717, 1.165) is 16.5 Å². The van der Waals surface area contributed by atoms with Crippen LogP contribution in [0.25, 0.3) is 0 Å². The van der Waals surface area contributed by atoms with Gasteiger partial charge in [0, 0.05) is 30.7 Å². The molecule has 0 aromatic heterocycles. The Balaban J connectivity index is 1.69. The van der Waals surface area contributed by atoms with Crippen molar-refractivity contribution in [2.24, 2.45) is 0 Å². The molecule has 0 aliphatic carbocycles. The standard InChI is InChI=1S/C19H21BrN2O3S/c1-2-15-7-9-16(10-8-15)26(24,25)22-13-11-21(12-14-22)19(23)17-5-3-4-6-18(17)20/h3-10H,2,11-14H2,1H3. The minimum atomic E-state index is -3.52. The summed E-state index contributed by atoms with van der Waals surface area (Å²) in [5, 5.41) is 0. The fraction of sp³-hybridized carbons (Fsp3) is 0.316. The number of hydrogen-bond donors (Lipinski definition) is 0. The first kappa shape index (κ1) is 19.1. The number of hydrogen-bond acceptors (Lipinski definition) is 3. The van der Waals surface area contributed by atoms with Crippen molar-refractivity contribution in [2.45, 2.75) is 18.2 Å². The van der Waals surface area contributed by atoms with Gasteiger partial charge < -0.3 is 4.90 Å². The van der Waals surface area contributed by atoms with Crippen molar-refractivity contribution in [3.05, 3.63) is 64.1 Å². The van der Waals surface area contributed by atoms with Crippen molar-refractivity contribution in [1.82, 2.24) is 9.21 Å². The summed E-state index contributed by atoms with van der Waals surface area (Å²) in [5.74, 6) is -0.0816. The lowest BCUT2D eigenvalue weighted by atomic mass is 10.2. The molecule has 3 rings (SSSR count). The molecule has 1 fully saturated rings. The van der Waals surface area contributed by atoms with E-state index in [1.165, 1.54) is 4.31 Å². The van der Waals surface area contributed by atoms with Gasteiger partial charge in [-0.2, -0.15) is 4.31 Å². The van der Waals surface area contributed by atoms with E-state index in [0.29, 0.717) is 36.6 Å². The van der Waals surface area contributed by atoms with Gasteiger partial charge in [0.15, 0.2) is 0 Å². The average Bonchev–Trinajstić information content (AvgIpc) is 2.68. The van der Waals surface area contributed by atoms with Gasteiger partial charge in [-0.25, -0.2) is 8.42 Å². The highest BCUT2D eigenvalue weighted by Gasteiger charge is 2.30. The molecule has 1 saturated heterocycles. The molecule has 26 heavy (non-hydrogen) atoms. The SMILES string of the molecule is CCc1ccc(S(=O)(=O)N2CCN(C(=O)c3ccccc3Br)CC2)cc1. The first-order valence-corrected chi connectivity index (χ1v) is 10.8. The number of benzene rings is 2. The van der Waals surface area contributed by atoms with Crippen LogP contribution < -0.4 is 0 Å². The van der Waals surface area contributed by atoms with Crippen molar-refractivity contribution in [3.8, 4) is 0 Å². The van der Waals surface area contributed by atoms with Gasteiger partial charge in [-0.3, -0.25) is 4.79 Å². The van der Waals surface area contributed by atoms with E-state index in [1.807, 2.05) is 37.3 Å². The Hall–Kier alpha value is -1.70. The van der Waals surface area contributed by atoms with Crippen LogP contribution in [0.1, 0.15) is 22.8 Å². The number of carbonyl (C=O) groups is 1. The summed E-state index contributed by atoms with van der Waals surface area (Å²) in [4.78, 5) is 14.7. The predicted octanol–water partition coefficient (Wildman–Crippen LogP) is 3.16. The summed E-state index contributed by atoms with van der Waals surface area (Å²) >= 11 is 3.40. The monoisotopic (exact) mass is 436 g/mol.